The molecule has 0 unspecified atom stereocenters. The highest BCUT2D eigenvalue weighted by molar-refractivity contribution is 5.84. The summed E-state index contributed by atoms with van der Waals surface area (Å²) >= 11 is 0. The van der Waals surface area contributed by atoms with E-state index in [4.69, 9.17) is 19.5 Å². The quantitative estimate of drug-likeness (QED) is 0.717. The Bertz CT molecular complexity index is 705. The molecule has 0 N–H and O–H groups in total. The number of methoxy groups -OCH3 is 2. The van der Waals surface area contributed by atoms with E-state index in [1.807, 2.05) is 61.0 Å². The van der Waals surface area contributed by atoms with Crippen LogP contribution in [0.4, 0.5) is 0 Å². The molecular formula is C22H26N2O2. The van der Waals surface area contributed by atoms with E-state index in [2.05, 4.69) is 0 Å². The third kappa shape index (κ3) is 4.51. The average molecular weight is 350 g/mol. The molecule has 1 aliphatic carbocycles. The van der Waals surface area contributed by atoms with Gasteiger partial charge in [-0.25, -0.2) is 0 Å². The van der Waals surface area contributed by atoms with Crippen molar-refractivity contribution in [3.8, 4) is 11.5 Å². The van der Waals surface area contributed by atoms with Gasteiger partial charge in [0.25, 0.3) is 0 Å². The lowest BCUT2D eigenvalue weighted by atomic mass is 9.91. The fourth-order valence-corrected chi connectivity index (χ4v) is 3.34. The summed E-state index contributed by atoms with van der Waals surface area (Å²) in [6, 6.07) is 16.3. The van der Waals surface area contributed by atoms with Crippen molar-refractivity contribution in [2.24, 2.45) is 9.98 Å². The van der Waals surface area contributed by atoms with Crippen molar-refractivity contribution in [3.63, 3.8) is 0 Å². The summed E-state index contributed by atoms with van der Waals surface area (Å²) < 4.78 is 10.8. The molecule has 1 aliphatic rings. The van der Waals surface area contributed by atoms with Gasteiger partial charge in [-0.1, -0.05) is 37.1 Å². The van der Waals surface area contributed by atoms with Gasteiger partial charge in [0.15, 0.2) is 0 Å². The van der Waals surface area contributed by atoms with Crippen LogP contribution in [0.3, 0.4) is 0 Å². The van der Waals surface area contributed by atoms with Crippen LogP contribution < -0.4 is 9.47 Å². The van der Waals surface area contributed by atoms with Crippen LogP contribution >= 0.6 is 0 Å². The van der Waals surface area contributed by atoms with E-state index in [1.165, 1.54) is 12.8 Å². The lowest BCUT2D eigenvalue weighted by Crippen LogP contribution is -2.27. The molecule has 2 aromatic carbocycles. The van der Waals surface area contributed by atoms with E-state index in [0.29, 0.717) is 0 Å². The second kappa shape index (κ2) is 9.18. The van der Waals surface area contributed by atoms with Gasteiger partial charge in [-0.15, -0.1) is 0 Å². The van der Waals surface area contributed by atoms with Crippen molar-refractivity contribution in [1.29, 1.82) is 0 Å². The lowest BCUT2D eigenvalue weighted by molar-refractivity contribution is 0.389. The molecule has 1 fully saturated rings. The molecule has 26 heavy (non-hydrogen) atoms. The maximum absolute atomic E-state index is 5.41. The Morgan fingerprint density at radius 1 is 0.731 bits per heavy atom. The number of hydrogen-bond donors (Lipinski definition) is 0. The molecule has 0 spiro atoms. The first-order valence-corrected chi connectivity index (χ1v) is 9.14. The minimum atomic E-state index is 0.208. The van der Waals surface area contributed by atoms with Crippen LogP contribution in [0.15, 0.2) is 58.5 Å². The Kier molecular flexibility index (Phi) is 6.42. The molecular weight excluding hydrogens is 324 g/mol. The maximum atomic E-state index is 5.41. The Hall–Kier alpha value is -2.62. The van der Waals surface area contributed by atoms with Crippen LogP contribution in [0.5, 0.6) is 11.5 Å². The zero-order valence-corrected chi connectivity index (χ0v) is 15.5. The summed E-state index contributed by atoms with van der Waals surface area (Å²) in [5.41, 5.74) is 2.01. The number of hydrogen-bond acceptors (Lipinski definition) is 4. The monoisotopic (exact) mass is 350 g/mol. The Balaban J connectivity index is 1.75. The van der Waals surface area contributed by atoms with Gasteiger partial charge < -0.3 is 9.47 Å². The second-order valence-corrected chi connectivity index (χ2v) is 6.46. The molecule has 0 aromatic heterocycles. The predicted molar refractivity (Wildman–Crippen MR) is 107 cm³/mol. The van der Waals surface area contributed by atoms with Crippen molar-refractivity contribution in [2.45, 2.75) is 37.8 Å². The number of para-hydroxylation sites is 2. The maximum Gasteiger partial charge on any atom is 0.127 e. The summed E-state index contributed by atoms with van der Waals surface area (Å²) in [6.45, 7) is 0. The van der Waals surface area contributed by atoms with Gasteiger partial charge in [0, 0.05) is 23.6 Å². The molecule has 136 valence electrons. The van der Waals surface area contributed by atoms with E-state index in [9.17, 15) is 0 Å². The van der Waals surface area contributed by atoms with Crippen molar-refractivity contribution in [2.75, 3.05) is 14.2 Å². The van der Waals surface area contributed by atoms with Crippen molar-refractivity contribution >= 4 is 12.4 Å². The van der Waals surface area contributed by atoms with Gasteiger partial charge in [0.2, 0.25) is 0 Å². The predicted octanol–water partition coefficient (Wildman–Crippen LogP) is 4.55. The largest absolute Gasteiger partial charge is 0.496 e. The van der Waals surface area contributed by atoms with Crippen LogP contribution in [0, 0.1) is 0 Å². The fraction of sp³-hybridized carbons (Fsp3) is 0.364. The molecule has 0 saturated heterocycles. The van der Waals surface area contributed by atoms with Crippen LogP contribution in [0.25, 0.3) is 0 Å². The number of benzene rings is 2. The summed E-state index contributed by atoms with van der Waals surface area (Å²) in [7, 11) is 3.38. The highest BCUT2D eigenvalue weighted by Gasteiger charge is 2.23. The zero-order chi connectivity index (χ0) is 18.2. The molecule has 0 bridgehead atoms. The van der Waals surface area contributed by atoms with Crippen molar-refractivity contribution in [1.82, 2.24) is 0 Å². The smallest absolute Gasteiger partial charge is 0.127 e. The molecule has 4 nitrogen and oxygen atoms in total. The molecule has 2 atom stereocenters. The first-order valence-electron chi connectivity index (χ1n) is 9.14. The van der Waals surface area contributed by atoms with Gasteiger partial charge in [0.05, 0.1) is 26.3 Å². The molecule has 0 amide bonds. The van der Waals surface area contributed by atoms with Crippen LogP contribution in [0.2, 0.25) is 0 Å². The van der Waals surface area contributed by atoms with Crippen LogP contribution in [-0.2, 0) is 0 Å². The van der Waals surface area contributed by atoms with E-state index < -0.39 is 0 Å². The first kappa shape index (κ1) is 18.2. The summed E-state index contributed by atoms with van der Waals surface area (Å²) in [4.78, 5) is 9.70. The lowest BCUT2D eigenvalue weighted by Gasteiger charge is -2.25. The molecule has 0 heterocycles. The van der Waals surface area contributed by atoms with Crippen LogP contribution in [-0.4, -0.2) is 38.7 Å². The zero-order valence-electron chi connectivity index (χ0n) is 15.5. The minimum Gasteiger partial charge on any atom is -0.496 e. The van der Waals surface area contributed by atoms with Crippen molar-refractivity contribution < 1.29 is 9.47 Å². The minimum absolute atomic E-state index is 0.208. The highest BCUT2D eigenvalue weighted by Crippen LogP contribution is 2.25. The average Bonchev–Trinajstić information content (AvgIpc) is 2.71. The Morgan fingerprint density at radius 3 is 1.58 bits per heavy atom. The van der Waals surface area contributed by atoms with E-state index in [-0.39, 0.29) is 12.1 Å². The summed E-state index contributed by atoms with van der Waals surface area (Å²) in [6.07, 6.45) is 8.41. The van der Waals surface area contributed by atoms with Crippen LogP contribution in [0.1, 0.15) is 36.8 Å². The van der Waals surface area contributed by atoms with Gasteiger partial charge >= 0.3 is 0 Å². The number of ether oxygens (including phenoxy) is 2. The number of aliphatic imine (C=N–C) groups is 2. The molecule has 2 aromatic rings. The van der Waals surface area contributed by atoms with E-state index >= 15 is 0 Å². The first-order chi connectivity index (χ1) is 12.8. The normalized spacial score (nSPS) is 20.5. The van der Waals surface area contributed by atoms with Crippen molar-refractivity contribution in [3.05, 3.63) is 59.7 Å². The fourth-order valence-electron chi connectivity index (χ4n) is 3.34. The SMILES string of the molecule is COc1ccccc1C=N[C@H]1CCCC[C@@H]1N=Cc1ccccc1OC. The van der Waals surface area contributed by atoms with Gasteiger partial charge in [-0.05, 0) is 37.1 Å². The molecule has 1 saturated carbocycles. The second-order valence-electron chi connectivity index (χ2n) is 6.46. The third-order valence-electron chi connectivity index (χ3n) is 4.78. The van der Waals surface area contributed by atoms with Gasteiger partial charge in [-0.3, -0.25) is 9.98 Å². The highest BCUT2D eigenvalue weighted by atomic mass is 16.5. The van der Waals surface area contributed by atoms with E-state index in [0.717, 1.165) is 35.5 Å². The van der Waals surface area contributed by atoms with Gasteiger partial charge in [0.1, 0.15) is 11.5 Å². The molecule has 0 radical (unpaired) electrons. The number of rotatable bonds is 6. The van der Waals surface area contributed by atoms with E-state index in [1.54, 1.807) is 14.2 Å². The molecule has 0 aliphatic heterocycles. The topological polar surface area (TPSA) is 43.2 Å². The molecule has 3 rings (SSSR count). The Morgan fingerprint density at radius 2 is 1.15 bits per heavy atom. The number of nitrogens with zero attached hydrogens (tertiary/aromatic N) is 2. The summed E-state index contributed by atoms with van der Waals surface area (Å²) in [5.74, 6) is 1.70. The van der Waals surface area contributed by atoms with Gasteiger partial charge in [-0.2, -0.15) is 0 Å². The third-order valence-corrected chi connectivity index (χ3v) is 4.78. The Labute approximate surface area is 155 Å². The standard InChI is InChI=1S/C22H26N2O2/c1-25-21-13-7-3-9-17(21)15-23-19-11-5-6-12-20(19)24-16-18-10-4-8-14-22(18)26-2/h3-4,7-10,13-16,19-20H,5-6,11-12H2,1-2H3/t19-,20-/m0/s1. The summed E-state index contributed by atoms with van der Waals surface area (Å²) in [5, 5.41) is 0. The molecule has 4 heteroatoms.